The lowest BCUT2D eigenvalue weighted by Gasteiger charge is -2.16. The van der Waals surface area contributed by atoms with Crippen LogP contribution in [-0.2, 0) is 0 Å². The summed E-state index contributed by atoms with van der Waals surface area (Å²) in [6.07, 6.45) is 0.891. The van der Waals surface area contributed by atoms with Gasteiger partial charge in [0, 0.05) is 16.2 Å². The number of pyridine rings is 1. The molecule has 0 aliphatic heterocycles. The Labute approximate surface area is 115 Å². The van der Waals surface area contributed by atoms with E-state index in [-0.39, 0.29) is 0 Å². The fraction of sp³-hybridized carbons (Fsp3) is 0.214. The lowest BCUT2D eigenvalue weighted by Crippen LogP contribution is -2.07. The van der Waals surface area contributed by atoms with Crippen LogP contribution in [0.1, 0.15) is 28.4 Å². The molecule has 0 amide bonds. The molecule has 1 heterocycles. The second-order valence-electron chi connectivity index (χ2n) is 4.34. The maximum Gasteiger partial charge on any atom is 0.129 e. The zero-order chi connectivity index (χ0) is 13.3. The molecule has 1 atom stereocenters. The third-order valence-electron chi connectivity index (χ3n) is 3.02. The third kappa shape index (κ3) is 2.40. The number of anilines is 1. The van der Waals surface area contributed by atoms with Gasteiger partial charge in [-0.3, -0.25) is 0 Å². The summed E-state index contributed by atoms with van der Waals surface area (Å²) in [6, 6.07) is 7.62. The molecule has 0 aliphatic rings. The van der Waals surface area contributed by atoms with Gasteiger partial charge in [0.15, 0.2) is 0 Å². The summed E-state index contributed by atoms with van der Waals surface area (Å²) >= 11 is 3.47. The van der Waals surface area contributed by atoms with Crippen LogP contribution in [0.25, 0.3) is 0 Å². The van der Waals surface area contributed by atoms with E-state index >= 15 is 0 Å². The second kappa shape index (κ2) is 5.08. The number of nitrogen functional groups attached to an aromatic ring is 1. The Morgan fingerprint density at radius 2 is 1.94 bits per heavy atom. The number of rotatable bonds is 2. The fourth-order valence-corrected chi connectivity index (χ4v) is 2.29. The molecule has 2 rings (SSSR count). The highest BCUT2D eigenvalue weighted by atomic mass is 79.9. The Kier molecular flexibility index (Phi) is 3.68. The molecule has 0 aliphatic carbocycles. The van der Waals surface area contributed by atoms with Crippen molar-refractivity contribution in [1.29, 1.82) is 0 Å². The molecule has 1 unspecified atom stereocenters. The van der Waals surface area contributed by atoms with Gasteiger partial charge in [0.25, 0.3) is 0 Å². The SMILES string of the molecule is Cc1ccc(C(O)c2c(C)ccnc2N)cc1Br. The van der Waals surface area contributed by atoms with E-state index in [1.165, 1.54) is 0 Å². The highest BCUT2D eigenvalue weighted by molar-refractivity contribution is 9.10. The summed E-state index contributed by atoms with van der Waals surface area (Å²) in [5.74, 6) is 0.374. The minimum absolute atomic E-state index is 0.374. The van der Waals surface area contributed by atoms with Crippen molar-refractivity contribution in [2.45, 2.75) is 20.0 Å². The Balaban J connectivity index is 2.48. The first kappa shape index (κ1) is 13.1. The molecule has 1 aromatic carbocycles. The van der Waals surface area contributed by atoms with Gasteiger partial charge in [0.05, 0.1) is 0 Å². The Hall–Kier alpha value is -1.39. The number of aromatic nitrogens is 1. The molecule has 0 bridgehead atoms. The molecule has 3 nitrogen and oxygen atoms in total. The van der Waals surface area contributed by atoms with Crippen molar-refractivity contribution in [3.63, 3.8) is 0 Å². The summed E-state index contributed by atoms with van der Waals surface area (Å²) in [5, 5.41) is 10.4. The number of benzene rings is 1. The maximum absolute atomic E-state index is 10.4. The Bertz CT molecular complexity index is 564. The second-order valence-corrected chi connectivity index (χ2v) is 5.19. The van der Waals surface area contributed by atoms with Gasteiger partial charge in [0.1, 0.15) is 11.9 Å². The lowest BCUT2D eigenvalue weighted by molar-refractivity contribution is 0.220. The van der Waals surface area contributed by atoms with E-state index in [4.69, 9.17) is 5.73 Å². The number of aliphatic hydroxyl groups is 1. The van der Waals surface area contributed by atoms with Crippen LogP contribution in [0.5, 0.6) is 0 Å². The number of aliphatic hydroxyl groups excluding tert-OH is 1. The average Bonchev–Trinajstić information content (AvgIpc) is 2.32. The molecule has 0 radical (unpaired) electrons. The predicted octanol–water partition coefficient (Wildman–Crippen LogP) is 3.12. The first-order valence-electron chi connectivity index (χ1n) is 5.66. The van der Waals surface area contributed by atoms with Gasteiger partial charge in [-0.25, -0.2) is 4.98 Å². The summed E-state index contributed by atoms with van der Waals surface area (Å²) in [6.45, 7) is 3.92. The van der Waals surface area contributed by atoms with E-state index in [1.807, 2.05) is 38.1 Å². The maximum atomic E-state index is 10.4. The fourth-order valence-electron chi connectivity index (χ4n) is 1.89. The minimum Gasteiger partial charge on any atom is -0.384 e. The molecule has 0 saturated carbocycles. The van der Waals surface area contributed by atoms with Gasteiger partial charge >= 0.3 is 0 Å². The van der Waals surface area contributed by atoms with Crippen molar-refractivity contribution in [3.05, 3.63) is 57.2 Å². The van der Waals surface area contributed by atoms with Crippen LogP contribution in [0.15, 0.2) is 34.9 Å². The van der Waals surface area contributed by atoms with E-state index in [2.05, 4.69) is 20.9 Å². The van der Waals surface area contributed by atoms with Gasteiger partial charge in [-0.15, -0.1) is 0 Å². The number of hydrogen-bond acceptors (Lipinski definition) is 3. The summed E-state index contributed by atoms with van der Waals surface area (Å²) in [7, 11) is 0. The average molecular weight is 307 g/mol. The zero-order valence-corrected chi connectivity index (χ0v) is 11.9. The van der Waals surface area contributed by atoms with Crippen LogP contribution in [0.3, 0.4) is 0 Å². The van der Waals surface area contributed by atoms with Crippen molar-refractivity contribution in [2.75, 3.05) is 5.73 Å². The summed E-state index contributed by atoms with van der Waals surface area (Å²) in [5.41, 5.74) is 9.38. The van der Waals surface area contributed by atoms with Crippen LogP contribution in [0.2, 0.25) is 0 Å². The highest BCUT2D eigenvalue weighted by Gasteiger charge is 2.17. The molecule has 1 aromatic heterocycles. The molecule has 2 aromatic rings. The van der Waals surface area contributed by atoms with E-state index in [0.29, 0.717) is 11.4 Å². The molecule has 0 fully saturated rings. The van der Waals surface area contributed by atoms with Crippen LogP contribution < -0.4 is 5.73 Å². The van der Waals surface area contributed by atoms with E-state index < -0.39 is 6.10 Å². The van der Waals surface area contributed by atoms with Gasteiger partial charge in [0.2, 0.25) is 0 Å². The molecule has 0 spiro atoms. The van der Waals surface area contributed by atoms with Gasteiger partial charge in [-0.2, -0.15) is 0 Å². The Morgan fingerprint density at radius 1 is 1.22 bits per heavy atom. The quantitative estimate of drug-likeness (QED) is 0.896. The molecular weight excluding hydrogens is 292 g/mol. The number of hydrogen-bond donors (Lipinski definition) is 2. The van der Waals surface area contributed by atoms with Gasteiger partial charge in [-0.05, 0) is 42.7 Å². The molecule has 94 valence electrons. The topological polar surface area (TPSA) is 59.1 Å². The largest absolute Gasteiger partial charge is 0.384 e. The normalized spacial score (nSPS) is 12.4. The summed E-state index contributed by atoms with van der Waals surface area (Å²) < 4.78 is 0.971. The first-order chi connectivity index (χ1) is 8.50. The smallest absolute Gasteiger partial charge is 0.129 e. The Morgan fingerprint density at radius 3 is 2.56 bits per heavy atom. The van der Waals surface area contributed by atoms with Crippen molar-refractivity contribution in [2.24, 2.45) is 0 Å². The van der Waals surface area contributed by atoms with Crippen LogP contribution in [0, 0.1) is 13.8 Å². The van der Waals surface area contributed by atoms with Crippen LogP contribution >= 0.6 is 15.9 Å². The molecule has 0 saturated heterocycles. The first-order valence-corrected chi connectivity index (χ1v) is 6.45. The molecular formula is C14H15BrN2O. The standard InChI is InChI=1S/C14H15BrN2O/c1-8-3-4-10(7-11(8)15)13(18)12-9(2)5-6-17-14(12)16/h3-7,13,18H,1-2H3,(H2,16,17). The van der Waals surface area contributed by atoms with Gasteiger partial charge < -0.3 is 10.8 Å². The molecule has 4 heteroatoms. The van der Waals surface area contributed by atoms with E-state index in [0.717, 1.165) is 21.2 Å². The van der Waals surface area contributed by atoms with Crippen LogP contribution in [0.4, 0.5) is 5.82 Å². The van der Waals surface area contributed by atoms with Crippen molar-refractivity contribution >= 4 is 21.7 Å². The molecule has 18 heavy (non-hydrogen) atoms. The number of nitrogens with two attached hydrogens (primary N) is 1. The van der Waals surface area contributed by atoms with Crippen molar-refractivity contribution in [3.8, 4) is 0 Å². The zero-order valence-electron chi connectivity index (χ0n) is 10.3. The molecule has 3 N–H and O–H groups in total. The van der Waals surface area contributed by atoms with Gasteiger partial charge in [-0.1, -0.05) is 28.1 Å². The predicted molar refractivity (Wildman–Crippen MR) is 76.3 cm³/mol. The van der Waals surface area contributed by atoms with Crippen molar-refractivity contribution in [1.82, 2.24) is 4.98 Å². The number of aryl methyl sites for hydroxylation is 2. The lowest BCUT2D eigenvalue weighted by atomic mass is 9.98. The number of halogens is 1. The van der Waals surface area contributed by atoms with Crippen LogP contribution in [-0.4, -0.2) is 10.1 Å². The van der Waals surface area contributed by atoms with E-state index in [9.17, 15) is 5.11 Å². The number of nitrogens with zero attached hydrogens (tertiary/aromatic N) is 1. The van der Waals surface area contributed by atoms with E-state index in [1.54, 1.807) is 6.20 Å². The summed E-state index contributed by atoms with van der Waals surface area (Å²) in [4.78, 5) is 4.03. The van der Waals surface area contributed by atoms with Crippen molar-refractivity contribution < 1.29 is 5.11 Å². The minimum atomic E-state index is -0.754. The highest BCUT2D eigenvalue weighted by Crippen LogP contribution is 2.30. The third-order valence-corrected chi connectivity index (χ3v) is 3.88. The monoisotopic (exact) mass is 306 g/mol.